The Bertz CT molecular complexity index is 610. The first-order valence-corrected chi connectivity index (χ1v) is 7.52. The summed E-state index contributed by atoms with van der Waals surface area (Å²) in [6.07, 6.45) is 2.78. The molecule has 5 heteroatoms. The van der Waals surface area contributed by atoms with Gasteiger partial charge in [0.2, 0.25) is 0 Å². The SMILES string of the molecule is CCCNC(c1cccc(C)c1Cl)c1c(OC)cnn1C. The second-order valence-corrected chi connectivity index (χ2v) is 5.47. The third-order valence-corrected chi connectivity index (χ3v) is 4.09. The van der Waals surface area contributed by atoms with Gasteiger partial charge in [0.1, 0.15) is 5.69 Å². The molecule has 0 aliphatic carbocycles. The van der Waals surface area contributed by atoms with Gasteiger partial charge in [-0.2, -0.15) is 5.10 Å². The van der Waals surface area contributed by atoms with Crippen molar-refractivity contribution in [2.45, 2.75) is 26.3 Å². The van der Waals surface area contributed by atoms with E-state index in [1.807, 2.05) is 30.8 Å². The lowest BCUT2D eigenvalue weighted by molar-refractivity contribution is 0.400. The fourth-order valence-corrected chi connectivity index (χ4v) is 2.68. The highest BCUT2D eigenvalue weighted by atomic mass is 35.5. The Hall–Kier alpha value is -1.52. The molecule has 1 atom stereocenters. The van der Waals surface area contributed by atoms with E-state index in [9.17, 15) is 0 Å². The summed E-state index contributed by atoms with van der Waals surface area (Å²) in [5.41, 5.74) is 3.10. The van der Waals surface area contributed by atoms with Crippen LogP contribution in [0.15, 0.2) is 24.4 Å². The number of halogens is 1. The number of aromatic nitrogens is 2. The minimum Gasteiger partial charge on any atom is -0.493 e. The number of rotatable bonds is 6. The fourth-order valence-electron chi connectivity index (χ4n) is 2.45. The van der Waals surface area contributed by atoms with Gasteiger partial charge in [0.15, 0.2) is 5.75 Å². The van der Waals surface area contributed by atoms with Crippen molar-refractivity contribution < 1.29 is 4.74 Å². The molecule has 0 fully saturated rings. The lowest BCUT2D eigenvalue weighted by Crippen LogP contribution is -2.26. The molecule has 1 unspecified atom stereocenters. The Labute approximate surface area is 131 Å². The van der Waals surface area contributed by atoms with Crippen molar-refractivity contribution in [1.82, 2.24) is 15.1 Å². The van der Waals surface area contributed by atoms with Crippen LogP contribution in [-0.2, 0) is 7.05 Å². The molecule has 21 heavy (non-hydrogen) atoms. The number of hydrogen-bond acceptors (Lipinski definition) is 3. The van der Waals surface area contributed by atoms with Crippen molar-refractivity contribution in [2.24, 2.45) is 7.05 Å². The van der Waals surface area contributed by atoms with Gasteiger partial charge in [-0.05, 0) is 31.0 Å². The van der Waals surface area contributed by atoms with Crippen LogP contribution < -0.4 is 10.1 Å². The second-order valence-electron chi connectivity index (χ2n) is 5.09. The van der Waals surface area contributed by atoms with Crippen LogP contribution in [0.3, 0.4) is 0 Å². The number of aryl methyl sites for hydroxylation is 2. The minimum atomic E-state index is -0.0419. The maximum absolute atomic E-state index is 6.52. The van der Waals surface area contributed by atoms with Crippen LogP contribution in [0.25, 0.3) is 0 Å². The van der Waals surface area contributed by atoms with Gasteiger partial charge in [-0.25, -0.2) is 0 Å². The van der Waals surface area contributed by atoms with Crippen LogP contribution in [-0.4, -0.2) is 23.4 Å². The van der Waals surface area contributed by atoms with Gasteiger partial charge in [-0.15, -0.1) is 0 Å². The summed E-state index contributed by atoms with van der Waals surface area (Å²) in [6, 6.07) is 6.05. The van der Waals surface area contributed by atoms with Crippen molar-refractivity contribution in [3.05, 3.63) is 46.2 Å². The number of ether oxygens (including phenoxy) is 1. The summed E-state index contributed by atoms with van der Waals surface area (Å²) < 4.78 is 7.29. The Kier molecular flexibility index (Phi) is 5.26. The first kappa shape index (κ1) is 15.9. The van der Waals surface area contributed by atoms with Gasteiger partial charge in [0, 0.05) is 12.1 Å². The first-order chi connectivity index (χ1) is 10.1. The summed E-state index contributed by atoms with van der Waals surface area (Å²) in [7, 11) is 3.58. The Balaban J connectivity index is 2.52. The molecule has 0 amide bonds. The van der Waals surface area contributed by atoms with Crippen LogP contribution in [0.2, 0.25) is 5.02 Å². The average Bonchev–Trinajstić information content (AvgIpc) is 2.85. The summed E-state index contributed by atoms with van der Waals surface area (Å²) in [5, 5.41) is 8.64. The van der Waals surface area contributed by atoms with Gasteiger partial charge in [-0.1, -0.05) is 36.7 Å². The molecular weight excluding hydrogens is 286 g/mol. The topological polar surface area (TPSA) is 39.1 Å². The van der Waals surface area contributed by atoms with E-state index >= 15 is 0 Å². The molecule has 0 saturated heterocycles. The second kappa shape index (κ2) is 6.96. The van der Waals surface area contributed by atoms with E-state index in [1.165, 1.54) is 0 Å². The molecule has 1 aromatic heterocycles. The van der Waals surface area contributed by atoms with Gasteiger partial charge in [0.05, 0.1) is 19.3 Å². The monoisotopic (exact) mass is 307 g/mol. The zero-order valence-corrected chi connectivity index (χ0v) is 13.7. The summed E-state index contributed by atoms with van der Waals surface area (Å²) >= 11 is 6.52. The molecule has 0 saturated carbocycles. The van der Waals surface area contributed by atoms with E-state index in [0.29, 0.717) is 0 Å². The lowest BCUT2D eigenvalue weighted by Gasteiger charge is -2.22. The summed E-state index contributed by atoms with van der Waals surface area (Å²) in [4.78, 5) is 0. The molecular formula is C16H22ClN3O. The maximum Gasteiger partial charge on any atom is 0.161 e. The Morgan fingerprint density at radius 3 is 2.86 bits per heavy atom. The van der Waals surface area contributed by atoms with E-state index < -0.39 is 0 Å². The average molecular weight is 308 g/mol. The van der Waals surface area contributed by atoms with Crippen LogP contribution in [0.4, 0.5) is 0 Å². The first-order valence-electron chi connectivity index (χ1n) is 7.14. The predicted octanol–water partition coefficient (Wildman–Crippen LogP) is 3.48. The molecule has 0 aliphatic rings. The maximum atomic E-state index is 6.52. The van der Waals surface area contributed by atoms with E-state index in [-0.39, 0.29) is 6.04 Å². The molecule has 2 rings (SSSR count). The molecule has 0 bridgehead atoms. The van der Waals surface area contributed by atoms with Crippen molar-refractivity contribution in [1.29, 1.82) is 0 Å². The number of nitrogens with zero attached hydrogens (tertiary/aromatic N) is 2. The molecule has 2 aromatic rings. The van der Waals surface area contributed by atoms with Crippen molar-refractivity contribution in [3.63, 3.8) is 0 Å². The van der Waals surface area contributed by atoms with Crippen LogP contribution >= 0.6 is 11.6 Å². The minimum absolute atomic E-state index is 0.0419. The summed E-state index contributed by atoms with van der Waals surface area (Å²) in [6.45, 7) is 5.05. The molecule has 0 radical (unpaired) electrons. The van der Waals surface area contributed by atoms with Gasteiger partial charge in [0.25, 0.3) is 0 Å². The third kappa shape index (κ3) is 3.22. The van der Waals surface area contributed by atoms with E-state index in [2.05, 4.69) is 23.4 Å². The highest BCUT2D eigenvalue weighted by molar-refractivity contribution is 6.32. The molecule has 0 aliphatic heterocycles. The molecule has 1 heterocycles. The van der Waals surface area contributed by atoms with Gasteiger partial charge >= 0.3 is 0 Å². The normalized spacial score (nSPS) is 12.4. The zero-order valence-electron chi connectivity index (χ0n) is 13.0. The molecule has 1 aromatic carbocycles. The van der Waals surface area contributed by atoms with E-state index in [0.717, 1.165) is 40.6 Å². The Morgan fingerprint density at radius 1 is 1.43 bits per heavy atom. The summed E-state index contributed by atoms with van der Waals surface area (Å²) in [5.74, 6) is 0.767. The number of nitrogens with one attached hydrogen (secondary N) is 1. The molecule has 114 valence electrons. The van der Waals surface area contributed by atoms with Crippen molar-refractivity contribution in [2.75, 3.05) is 13.7 Å². The highest BCUT2D eigenvalue weighted by Gasteiger charge is 2.24. The lowest BCUT2D eigenvalue weighted by atomic mass is 10.0. The Morgan fingerprint density at radius 2 is 2.19 bits per heavy atom. The molecule has 4 nitrogen and oxygen atoms in total. The molecule has 0 spiro atoms. The standard InChI is InChI=1S/C16H22ClN3O/c1-5-9-18-15(12-8-6-7-11(2)14(12)17)16-13(21-4)10-19-20(16)3/h6-8,10,15,18H,5,9H2,1-4H3. The van der Waals surface area contributed by atoms with E-state index in [4.69, 9.17) is 16.3 Å². The number of benzene rings is 1. The van der Waals surface area contributed by atoms with Crippen molar-refractivity contribution >= 4 is 11.6 Å². The van der Waals surface area contributed by atoms with Gasteiger partial charge in [-0.3, -0.25) is 4.68 Å². The highest BCUT2D eigenvalue weighted by Crippen LogP contribution is 2.34. The predicted molar refractivity (Wildman–Crippen MR) is 86.1 cm³/mol. The van der Waals surface area contributed by atoms with Gasteiger partial charge < -0.3 is 10.1 Å². The van der Waals surface area contributed by atoms with Crippen molar-refractivity contribution in [3.8, 4) is 5.75 Å². The fraction of sp³-hybridized carbons (Fsp3) is 0.438. The van der Waals surface area contributed by atoms with Crippen LogP contribution in [0.1, 0.15) is 36.2 Å². The number of methoxy groups -OCH3 is 1. The quantitative estimate of drug-likeness (QED) is 0.888. The zero-order chi connectivity index (χ0) is 15.4. The van der Waals surface area contributed by atoms with Crippen LogP contribution in [0, 0.1) is 6.92 Å². The number of hydrogen-bond donors (Lipinski definition) is 1. The largest absolute Gasteiger partial charge is 0.493 e. The smallest absolute Gasteiger partial charge is 0.161 e. The van der Waals surface area contributed by atoms with E-state index in [1.54, 1.807) is 13.3 Å². The third-order valence-electron chi connectivity index (χ3n) is 3.57. The van der Waals surface area contributed by atoms with Crippen LogP contribution in [0.5, 0.6) is 5.75 Å². The molecule has 1 N–H and O–H groups in total.